The van der Waals surface area contributed by atoms with Gasteiger partial charge in [0.25, 0.3) is 10.0 Å². The number of imidazole rings is 1. The van der Waals surface area contributed by atoms with Crippen LogP contribution < -0.4 is 5.14 Å². The van der Waals surface area contributed by atoms with Gasteiger partial charge in [-0.3, -0.25) is 0 Å². The minimum Gasteiger partial charge on any atom is -0.333 e. The molecule has 1 atom stereocenters. The van der Waals surface area contributed by atoms with Crippen LogP contribution >= 0.6 is 0 Å². The average Bonchev–Trinajstić information content (AvgIpc) is 2.51. The third-order valence-electron chi connectivity index (χ3n) is 2.08. The Kier molecular flexibility index (Phi) is 3.28. The van der Waals surface area contributed by atoms with E-state index >= 15 is 0 Å². The molecule has 1 heterocycles. The first-order chi connectivity index (χ1) is 6.45. The molecule has 0 saturated heterocycles. The highest BCUT2D eigenvalue weighted by atomic mass is 32.2. The summed E-state index contributed by atoms with van der Waals surface area (Å²) < 4.78 is 23.6. The van der Waals surface area contributed by atoms with Crippen LogP contribution in [0.4, 0.5) is 0 Å². The minimum atomic E-state index is -3.66. The molecule has 1 aromatic heterocycles. The van der Waals surface area contributed by atoms with E-state index < -0.39 is 10.0 Å². The number of sulfonamides is 1. The number of primary sulfonamides is 1. The van der Waals surface area contributed by atoms with Crippen molar-refractivity contribution >= 4 is 10.0 Å². The van der Waals surface area contributed by atoms with Crippen LogP contribution in [0.15, 0.2) is 17.6 Å². The maximum atomic E-state index is 10.9. The van der Waals surface area contributed by atoms with E-state index in [1.54, 1.807) is 4.57 Å². The van der Waals surface area contributed by atoms with Crippen LogP contribution in [-0.4, -0.2) is 18.0 Å². The van der Waals surface area contributed by atoms with Gasteiger partial charge < -0.3 is 4.57 Å². The van der Waals surface area contributed by atoms with Crippen LogP contribution in [0.25, 0.3) is 0 Å². The van der Waals surface area contributed by atoms with Crippen molar-refractivity contribution in [1.29, 1.82) is 0 Å². The van der Waals surface area contributed by atoms with Crippen LogP contribution in [0.2, 0.25) is 0 Å². The van der Waals surface area contributed by atoms with E-state index in [0.717, 1.165) is 12.8 Å². The van der Waals surface area contributed by atoms with Crippen LogP contribution in [0, 0.1) is 0 Å². The monoisotopic (exact) mass is 217 g/mol. The summed E-state index contributed by atoms with van der Waals surface area (Å²) in [5.74, 6) is 0. The van der Waals surface area contributed by atoms with Gasteiger partial charge in [0.2, 0.25) is 0 Å². The largest absolute Gasteiger partial charge is 0.333 e. The summed E-state index contributed by atoms with van der Waals surface area (Å²) in [5.41, 5.74) is 0. The van der Waals surface area contributed by atoms with Gasteiger partial charge in [0.15, 0.2) is 5.03 Å². The Labute approximate surface area is 84.0 Å². The van der Waals surface area contributed by atoms with Gasteiger partial charge in [-0.15, -0.1) is 0 Å². The molecule has 14 heavy (non-hydrogen) atoms. The third kappa shape index (κ3) is 2.55. The van der Waals surface area contributed by atoms with Gasteiger partial charge in [-0.1, -0.05) is 13.3 Å². The van der Waals surface area contributed by atoms with E-state index in [0.29, 0.717) is 0 Å². The SMILES string of the molecule is CCCC(C)n1cnc(S(N)(=O)=O)c1. The molecule has 2 N–H and O–H groups in total. The Morgan fingerprint density at radius 2 is 2.29 bits per heavy atom. The lowest BCUT2D eigenvalue weighted by molar-refractivity contribution is 0.499. The molecule has 0 radical (unpaired) electrons. The smallest absolute Gasteiger partial charge is 0.257 e. The van der Waals surface area contributed by atoms with E-state index in [2.05, 4.69) is 11.9 Å². The van der Waals surface area contributed by atoms with Crippen molar-refractivity contribution in [3.8, 4) is 0 Å². The number of nitrogens with zero attached hydrogens (tertiary/aromatic N) is 2. The fourth-order valence-corrected chi connectivity index (χ4v) is 1.74. The molecule has 1 unspecified atom stereocenters. The highest BCUT2D eigenvalue weighted by molar-refractivity contribution is 7.89. The van der Waals surface area contributed by atoms with Crippen molar-refractivity contribution in [3.63, 3.8) is 0 Å². The maximum absolute atomic E-state index is 10.9. The van der Waals surface area contributed by atoms with Gasteiger partial charge in [0.1, 0.15) is 0 Å². The lowest BCUT2D eigenvalue weighted by Gasteiger charge is -2.10. The minimum absolute atomic E-state index is 0.0690. The number of aromatic nitrogens is 2. The topological polar surface area (TPSA) is 78.0 Å². The predicted molar refractivity (Wildman–Crippen MR) is 53.2 cm³/mol. The first kappa shape index (κ1) is 11.2. The fraction of sp³-hybridized carbons (Fsp3) is 0.625. The van der Waals surface area contributed by atoms with Crippen molar-refractivity contribution in [2.75, 3.05) is 0 Å². The first-order valence-corrected chi connectivity index (χ1v) is 6.06. The van der Waals surface area contributed by atoms with Crippen molar-refractivity contribution < 1.29 is 8.42 Å². The third-order valence-corrected chi connectivity index (χ3v) is 2.88. The second-order valence-corrected chi connectivity index (χ2v) is 4.85. The summed E-state index contributed by atoms with van der Waals surface area (Å²) >= 11 is 0. The summed E-state index contributed by atoms with van der Waals surface area (Å²) in [6.07, 6.45) is 5.00. The summed E-state index contributed by atoms with van der Waals surface area (Å²) in [6, 6.07) is 0.253. The lowest BCUT2D eigenvalue weighted by atomic mass is 10.2. The highest BCUT2D eigenvalue weighted by Crippen LogP contribution is 2.14. The van der Waals surface area contributed by atoms with Crippen LogP contribution in [0.5, 0.6) is 0 Å². The summed E-state index contributed by atoms with van der Waals surface area (Å²) in [5, 5.41) is 4.87. The van der Waals surface area contributed by atoms with Crippen molar-refractivity contribution in [2.45, 2.75) is 37.8 Å². The molecule has 1 rings (SSSR count). The normalized spacial score (nSPS) is 14.2. The van der Waals surface area contributed by atoms with Gasteiger partial charge in [0.05, 0.1) is 6.33 Å². The van der Waals surface area contributed by atoms with E-state index in [4.69, 9.17) is 5.14 Å². The molecule has 0 aliphatic rings. The van der Waals surface area contributed by atoms with E-state index in [1.807, 2.05) is 6.92 Å². The second-order valence-electron chi connectivity index (χ2n) is 3.34. The standard InChI is InChI=1S/C8H15N3O2S/c1-3-4-7(2)11-5-8(10-6-11)14(9,12)13/h5-7H,3-4H2,1-2H3,(H2,9,12,13). The number of hydrogen-bond acceptors (Lipinski definition) is 3. The molecule has 0 saturated carbocycles. The highest BCUT2D eigenvalue weighted by Gasteiger charge is 2.13. The van der Waals surface area contributed by atoms with Crippen molar-refractivity contribution in [2.24, 2.45) is 5.14 Å². The van der Waals surface area contributed by atoms with E-state index in [-0.39, 0.29) is 11.1 Å². The molecule has 0 fully saturated rings. The van der Waals surface area contributed by atoms with Gasteiger partial charge >= 0.3 is 0 Å². The average molecular weight is 217 g/mol. The molecular formula is C8H15N3O2S. The Morgan fingerprint density at radius 3 is 2.71 bits per heavy atom. The van der Waals surface area contributed by atoms with Crippen LogP contribution in [0.1, 0.15) is 32.7 Å². The van der Waals surface area contributed by atoms with E-state index in [9.17, 15) is 8.42 Å². The number of hydrogen-bond donors (Lipinski definition) is 1. The van der Waals surface area contributed by atoms with E-state index in [1.165, 1.54) is 12.5 Å². The molecule has 0 aromatic carbocycles. The summed E-state index contributed by atoms with van der Waals surface area (Å²) in [4.78, 5) is 3.74. The lowest BCUT2D eigenvalue weighted by Crippen LogP contribution is -2.12. The molecule has 1 aromatic rings. The summed E-state index contributed by atoms with van der Waals surface area (Å²) in [6.45, 7) is 4.09. The van der Waals surface area contributed by atoms with Crippen molar-refractivity contribution in [1.82, 2.24) is 9.55 Å². The molecule has 0 aliphatic carbocycles. The zero-order valence-corrected chi connectivity index (χ0v) is 9.16. The molecule has 0 amide bonds. The predicted octanol–water partition coefficient (Wildman–Crippen LogP) is 0.892. The molecule has 80 valence electrons. The molecule has 0 aliphatic heterocycles. The van der Waals surface area contributed by atoms with Gasteiger partial charge in [0, 0.05) is 12.2 Å². The molecule has 5 nitrogen and oxygen atoms in total. The number of rotatable bonds is 4. The Bertz CT molecular complexity index is 396. The molecule has 0 bridgehead atoms. The van der Waals surface area contributed by atoms with Gasteiger partial charge in [-0.2, -0.15) is 0 Å². The van der Waals surface area contributed by atoms with Crippen molar-refractivity contribution in [3.05, 3.63) is 12.5 Å². The van der Waals surface area contributed by atoms with Gasteiger partial charge in [-0.25, -0.2) is 18.5 Å². The Hall–Kier alpha value is -0.880. The maximum Gasteiger partial charge on any atom is 0.257 e. The zero-order valence-electron chi connectivity index (χ0n) is 8.34. The molecule has 0 spiro atoms. The Balaban J connectivity index is 2.88. The van der Waals surface area contributed by atoms with Crippen LogP contribution in [0.3, 0.4) is 0 Å². The molecule has 6 heteroatoms. The zero-order chi connectivity index (χ0) is 10.8. The van der Waals surface area contributed by atoms with Crippen LogP contribution in [-0.2, 0) is 10.0 Å². The summed E-state index contributed by atoms with van der Waals surface area (Å²) in [7, 11) is -3.66. The van der Waals surface area contributed by atoms with Gasteiger partial charge in [-0.05, 0) is 13.3 Å². The quantitative estimate of drug-likeness (QED) is 0.813. The molecular weight excluding hydrogens is 202 g/mol. The second kappa shape index (κ2) is 4.10. The fourth-order valence-electron chi connectivity index (χ4n) is 1.27. The number of nitrogens with two attached hydrogens (primary N) is 1. The first-order valence-electron chi connectivity index (χ1n) is 4.51. The Morgan fingerprint density at radius 1 is 1.64 bits per heavy atom.